The van der Waals surface area contributed by atoms with E-state index in [9.17, 15) is 19.5 Å². The molecule has 0 aromatic heterocycles. The van der Waals surface area contributed by atoms with Crippen LogP contribution in [0.15, 0.2) is 0 Å². The van der Waals surface area contributed by atoms with Crippen LogP contribution in [0.3, 0.4) is 0 Å². The summed E-state index contributed by atoms with van der Waals surface area (Å²) in [6.07, 6.45) is 19.5. The Kier molecular flexibility index (Phi) is 11.5. The maximum absolute atomic E-state index is 13.8. The van der Waals surface area contributed by atoms with E-state index in [1.54, 1.807) is 0 Å². The number of hydrogen-bond acceptors (Lipinski definition) is 3. The lowest BCUT2D eigenvalue weighted by Crippen LogP contribution is -2.37. The van der Waals surface area contributed by atoms with Gasteiger partial charge in [-0.15, -0.1) is 0 Å². The van der Waals surface area contributed by atoms with Crippen LogP contribution in [-0.4, -0.2) is 22.6 Å². The van der Waals surface area contributed by atoms with Gasteiger partial charge in [-0.25, -0.2) is 0 Å². The summed E-state index contributed by atoms with van der Waals surface area (Å²) in [4.78, 5) is 39.1. The van der Waals surface area contributed by atoms with Crippen LogP contribution in [0.2, 0.25) is 0 Å². The first-order valence-electron chi connectivity index (χ1n) is 15.6. The third-order valence-electron chi connectivity index (χ3n) is 10.8. The zero-order chi connectivity index (χ0) is 26.1. The summed E-state index contributed by atoms with van der Waals surface area (Å²) >= 11 is 0. The molecule has 3 aliphatic rings. The highest BCUT2D eigenvalue weighted by atomic mass is 16.4. The van der Waals surface area contributed by atoms with Gasteiger partial charge in [-0.2, -0.15) is 0 Å². The molecule has 1 N–H and O–H groups in total. The quantitative estimate of drug-likeness (QED) is 0.274. The van der Waals surface area contributed by atoms with Gasteiger partial charge in [-0.05, 0) is 80.5 Å². The van der Waals surface area contributed by atoms with Crippen molar-refractivity contribution in [3.63, 3.8) is 0 Å². The molecule has 0 aliphatic heterocycles. The SMILES string of the molecule is CC[C@H](C(=O)O)[C@@H]1CCCC[C@@H]1CC(=O)[C@@H](CC)[C@@H]1CCCC[C@@H]1CC(=O)CC1(CC)CCCCC1. The van der Waals surface area contributed by atoms with Crippen molar-refractivity contribution in [2.75, 3.05) is 0 Å². The summed E-state index contributed by atoms with van der Waals surface area (Å²) in [5.41, 5.74) is 0.232. The first kappa shape index (κ1) is 29.4. The predicted molar refractivity (Wildman–Crippen MR) is 146 cm³/mol. The zero-order valence-corrected chi connectivity index (χ0v) is 23.6. The molecule has 4 nitrogen and oxygen atoms in total. The molecular formula is C32H54O4. The largest absolute Gasteiger partial charge is 0.481 e. The molecule has 206 valence electrons. The van der Waals surface area contributed by atoms with E-state index >= 15 is 0 Å². The highest BCUT2D eigenvalue weighted by molar-refractivity contribution is 5.82. The fourth-order valence-electron chi connectivity index (χ4n) is 8.62. The smallest absolute Gasteiger partial charge is 0.306 e. The molecule has 0 aromatic carbocycles. The van der Waals surface area contributed by atoms with Crippen LogP contribution in [0.25, 0.3) is 0 Å². The zero-order valence-electron chi connectivity index (χ0n) is 23.6. The topological polar surface area (TPSA) is 71.4 Å². The maximum Gasteiger partial charge on any atom is 0.306 e. The van der Waals surface area contributed by atoms with Crippen molar-refractivity contribution in [3.05, 3.63) is 0 Å². The predicted octanol–water partition coefficient (Wildman–Crippen LogP) is 8.41. The number of ketones is 2. The second-order valence-electron chi connectivity index (χ2n) is 12.8. The van der Waals surface area contributed by atoms with Gasteiger partial charge in [0.1, 0.15) is 11.6 Å². The first-order valence-corrected chi connectivity index (χ1v) is 15.6. The molecule has 3 fully saturated rings. The molecule has 36 heavy (non-hydrogen) atoms. The Morgan fingerprint density at radius 2 is 1.25 bits per heavy atom. The second kappa shape index (κ2) is 14.1. The van der Waals surface area contributed by atoms with Gasteiger partial charge in [-0.3, -0.25) is 14.4 Å². The number of carbonyl (C=O) groups is 3. The number of aliphatic carboxylic acids is 1. The maximum atomic E-state index is 13.8. The third-order valence-corrected chi connectivity index (χ3v) is 10.8. The average Bonchev–Trinajstić information content (AvgIpc) is 2.87. The Morgan fingerprint density at radius 3 is 1.78 bits per heavy atom. The number of rotatable bonds is 13. The summed E-state index contributed by atoms with van der Waals surface area (Å²) in [5.74, 6) is 0.832. The van der Waals surface area contributed by atoms with Gasteiger partial charge in [-0.1, -0.05) is 72.1 Å². The van der Waals surface area contributed by atoms with E-state index < -0.39 is 5.97 Å². The molecule has 0 saturated heterocycles. The Morgan fingerprint density at radius 1 is 0.722 bits per heavy atom. The Hall–Kier alpha value is -1.19. The van der Waals surface area contributed by atoms with E-state index in [-0.39, 0.29) is 29.1 Å². The first-order chi connectivity index (χ1) is 17.3. The molecule has 0 heterocycles. The summed E-state index contributed by atoms with van der Waals surface area (Å²) < 4.78 is 0. The van der Waals surface area contributed by atoms with Crippen molar-refractivity contribution in [2.45, 2.75) is 143 Å². The van der Waals surface area contributed by atoms with E-state index in [2.05, 4.69) is 13.8 Å². The minimum Gasteiger partial charge on any atom is -0.481 e. The van der Waals surface area contributed by atoms with Crippen LogP contribution in [0.1, 0.15) is 143 Å². The fourth-order valence-corrected chi connectivity index (χ4v) is 8.62. The van der Waals surface area contributed by atoms with Crippen molar-refractivity contribution in [3.8, 4) is 0 Å². The normalized spacial score (nSPS) is 30.3. The van der Waals surface area contributed by atoms with E-state index in [0.717, 1.165) is 57.8 Å². The number of hydrogen-bond donors (Lipinski definition) is 1. The van der Waals surface area contributed by atoms with E-state index in [1.165, 1.54) is 44.9 Å². The molecular weight excluding hydrogens is 448 g/mol. The number of carboxylic acids is 1. The monoisotopic (exact) mass is 502 g/mol. The minimum atomic E-state index is -0.692. The van der Waals surface area contributed by atoms with E-state index in [0.29, 0.717) is 42.7 Å². The summed E-state index contributed by atoms with van der Waals surface area (Å²) in [5, 5.41) is 9.79. The highest BCUT2D eigenvalue weighted by Crippen LogP contribution is 2.46. The van der Waals surface area contributed by atoms with Crippen molar-refractivity contribution < 1.29 is 19.5 Å². The molecule has 0 unspecified atom stereocenters. The summed E-state index contributed by atoms with van der Waals surface area (Å²) in [6, 6.07) is 0. The van der Waals surface area contributed by atoms with Crippen LogP contribution in [-0.2, 0) is 14.4 Å². The van der Waals surface area contributed by atoms with Crippen molar-refractivity contribution in [1.29, 1.82) is 0 Å². The molecule has 0 radical (unpaired) electrons. The molecule has 6 atom stereocenters. The average molecular weight is 503 g/mol. The summed E-state index contributed by atoms with van der Waals surface area (Å²) in [6.45, 7) is 6.38. The lowest BCUT2D eigenvalue weighted by atomic mass is 9.64. The third kappa shape index (κ3) is 7.44. The van der Waals surface area contributed by atoms with Crippen LogP contribution < -0.4 is 0 Å². The lowest BCUT2D eigenvalue weighted by molar-refractivity contribution is -0.146. The molecule has 0 spiro atoms. The van der Waals surface area contributed by atoms with Crippen LogP contribution in [0.5, 0.6) is 0 Å². The van der Waals surface area contributed by atoms with Crippen LogP contribution in [0.4, 0.5) is 0 Å². The van der Waals surface area contributed by atoms with Gasteiger partial charge in [0.2, 0.25) is 0 Å². The molecule has 0 aromatic rings. The molecule has 4 heteroatoms. The standard InChI is InChI=1S/C32H54O4/c1-4-26(30(34)21-24-15-9-11-17-29(24)27(5-2)31(35)36)28-16-10-8-14-23(28)20-25(33)22-32(6-3)18-12-7-13-19-32/h23-24,26-29H,4-22H2,1-3H3,(H,35,36)/t23-,24-,26+,27+,28-,29-/m1/s1. The van der Waals surface area contributed by atoms with Crippen molar-refractivity contribution in [1.82, 2.24) is 0 Å². The van der Waals surface area contributed by atoms with E-state index in [4.69, 9.17) is 0 Å². The van der Waals surface area contributed by atoms with Gasteiger partial charge in [0, 0.05) is 25.2 Å². The summed E-state index contributed by atoms with van der Waals surface area (Å²) in [7, 11) is 0. The van der Waals surface area contributed by atoms with Gasteiger partial charge >= 0.3 is 5.97 Å². The van der Waals surface area contributed by atoms with Crippen molar-refractivity contribution >= 4 is 17.5 Å². The van der Waals surface area contributed by atoms with Crippen LogP contribution >= 0.6 is 0 Å². The number of carboxylic acid groups (broad SMARTS) is 1. The van der Waals surface area contributed by atoms with E-state index in [1.807, 2.05) is 6.92 Å². The van der Waals surface area contributed by atoms with Gasteiger partial charge in [0.05, 0.1) is 5.92 Å². The van der Waals surface area contributed by atoms with Gasteiger partial charge in [0.15, 0.2) is 0 Å². The molecule has 0 amide bonds. The lowest BCUT2D eigenvalue weighted by Gasteiger charge is -2.40. The fraction of sp³-hybridized carbons (Fsp3) is 0.906. The van der Waals surface area contributed by atoms with Gasteiger partial charge in [0.25, 0.3) is 0 Å². The Labute approximate surface area is 220 Å². The van der Waals surface area contributed by atoms with Crippen LogP contribution in [0, 0.1) is 40.9 Å². The number of Topliss-reactive ketones (excluding diaryl/α,β-unsaturated/α-hetero) is 2. The Bertz CT molecular complexity index is 722. The second-order valence-corrected chi connectivity index (χ2v) is 12.8. The molecule has 3 saturated carbocycles. The van der Waals surface area contributed by atoms with Gasteiger partial charge < -0.3 is 5.11 Å². The van der Waals surface area contributed by atoms with Crippen molar-refractivity contribution in [2.24, 2.45) is 40.9 Å². The number of carbonyl (C=O) groups excluding carboxylic acids is 2. The minimum absolute atomic E-state index is 0.0328. The molecule has 0 bridgehead atoms. The Balaban J connectivity index is 1.66. The molecule has 3 aliphatic carbocycles. The molecule has 3 rings (SSSR count). The highest BCUT2D eigenvalue weighted by Gasteiger charge is 2.41.